The van der Waals surface area contributed by atoms with Crippen molar-refractivity contribution in [3.05, 3.63) is 40.0 Å². The summed E-state index contributed by atoms with van der Waals surface area (Å²) >= 11 is 0. The average molecular weight is 423 g/mol. The molecule has 30 heavy (non-hydrogen) atoms. The lowest BCUT2D eigenvalue weighted by Gasteiger charge is -2.26. The third-order valence-electron chi connectivity index (χ3n) is 4.17. The quantitative estimate of drug-likeness (QED) is 0.136. The van der Waals surface area contributed by atoms with Gasteiger partial charge < -0.3 is 24.4 Å². The van der Waals surface area contributed by atoms with Crippen LogP contribution in [0.15, 0.2) is 24.3 Å². The summed E-state index contributed by atoms with van der Waals surface area (Å²) < 4.78 is 15.9. The molecule has 0 atom stereocenters. The lowest BCUT2D eigenvalue weighted by atomic mass is 10.2. The molecular weight excluding hydrogens is 398 g/mol. The highest BCUT2D eigenvalue weighted by atomic mass is 16.9. The molecule has 164 valence electrons. The topological polar surface area (TPSA) is 129 Å². The molecule has 1 fully saturated rings. The number of benzene rings is 1. The normalized spacial score (nSPS) is 14.3. The SMILES string of the molecule is COc1cc(/C=C/C(=O)NCCO[N+](=O)[O-])ccc1OC(=O)CCN1CCOCC1. The molecule has 1 saturated heterocycles. The zero-order chi connectivity index (χ0) is 21.8. The molecule has 11 heteroatoms. The van der Waals surface area contributed by atoms with Crippen molar-refractivity contribution in [2.45, 2.75) is 6.42 Å². The summed E-state index contributed by atoms with van der Waals surface area (Å²) in [6.45, 7) is 3.32. The van der Waals surface area contributed by atoms with Crippen LogP contribution in [-0.4, -0.2) is 75.0 Å². The van der Waals surface area contributed by atoms with Crippen LogP contribution < -0.4 is 14.8 Å². The zero-order valence-electron chi connectivity index (χ0n) is 16.7. The summed E-state index contributed by atoms with van der Waals surface area (Å²) in [5, 5.41) is 11.5. The van der Waals surface area contributed by atoms with Crippen LogP contribution in [0.25, 0.3) is 6.08 Å². The Bertz CT molecular complexity index is 762. The number of hydrogen-bond donors (Lipinski definition) is 1. The second kappa shape index (κ2) is 12.4. The van der Waals surface area contributed by atoms with Crippen LogP contribution in [0.4, 0.5) is 0 Å². The molecule has 1 amide bonds. The van der Waals surface area contributed by atoms with Crippen LogP contribution in [0.2, 0.25) is 0 Å². The minimum Gasteiger partial charge on any atom is -0.493 e. The van der Waals surface area contributed by atoms with Gasteiger partial charge in [0.1, 0.15) is 6.61 Å². The summed E-state index contributed by atoms with van der Waals surface area (Å²) in [6.07, 6.45) is 3.07. The molecular formula is C19H25N3O8. The Labute approximate surface area is 173 Å². The van der Waals surface area contributed by atoms with Crippen molar-refractivity contribution in [3.63, 3.8) is 0 Å². The molecule has 0 radical (unpaired) electrons. The van der Waals surface area contributed by atoms with E-state index in [2.05, 4.69) is 15.1 Å². The minimum absolute atomic E-state index is 0.00676. The first kappa shape index (κ1) is 23.1. The third-order valence-corrected chi connectivity index (χ3v) is 4.17. The molecule has 0 unspecified atom stereocenters. The van der Waals surface area contributed by atoms with Crippen molar-refractivity contribution in [2.24, 2.45) is 0 Å². The maximum Gasteiger partial charge on any atom is 0.312 e. The van der Waals surface area contributed by atoms with E-state index >= 15 is 0 Å². The van der Waals surface area contributed by atoms with Gasteiger partial charge in [-0.25, -0.2) is 0 Å². The van der Waals surface area contributed by atoms with E-state index in [4.69, 9.17) is 14.2 Å². The number of nitrogens with zero attached hydrogens (tertiary/aromatic N) is 2. The highest BCUT2D eigenvalue weighted by Crippen LogP contribution is 2.29. The van der Waals surface area contributed by atoms with Crippen LogP contribution in [0.1, 0.15) is 12.0 Å². The Morgan fingerprint density at radius 3 is 2.77 bits per heavy atom. The van der Waals surface area contributed by atoms with Gasteiger partial charge in [0.2, 0.25) is 5.91 Å². The number of carbonyl (C=O) groups is 2. The number of rotatable bonds is 11. The van der Waals surface area contributed by atoms with Crippen molar-refractivity contribution >= 4 is 18.0 Å². The fourth-order valence-corrected chi connectivity index (χ4v) is 2.65. The number of ether oxygens (including phenoxy) is 3. The molecule has 11 nitrogen and oxygen atoms in total. The van der Waals surface area contributed by atoms with E-state index in [1.807, 2.05) is 0 Å². The van der Waals surface area contributed by atoms with Crippen LogP contribution in [0.5, 0.6) is 11.5 Å². The van der Waals surface area contributed by atoms with Crippen molar-refractivity contribution < 1.29 is 33.7 Å². The van der Waals surface area contributed by atoms with E-state index in [1.165, 1.54) is 19.3 Å². The second-order valence-electron chi connectivity index (χ2n) is 6.27. The molecule has 0 bridgehead atoms. The molecule has 1 aliphatic rings. The number of carbonyl (C=O) groups excluding carboxylic acids is 2. The van der Waals surface area contributed by atoms with E-state index in [0.29, 0.717) is 36.8 Å². The smallest absolute Gasteiger partial charge is 0.312 e. The highest BCUT2D eigenvalue weighted by molar-refractivity contribution is 5.91. The van der Waals surface area contributed by atoms with Crippen LogP contribution in [-0.2, 0) is 19.2 Å². The fraction of sp³-hybridized carbons (Fsp3) is 0.474. The van der Waals surface area contributed by atoms with E-state index in [0.717, 1.165) is 13.1 Å². The van der Waals surface area contributed by atoms with E-state index in [-0.39, 0.29) is 25.5 Å². The van der Waals surface area contributed by atoms with Crippen LogP contribution in [0, 0.1) is 10.1 Å². The summed E-state index contributed by atoms with van der Waals surface area (Å²) in [6, 6.07) is 4.89. The Morgan fingerprint density at radius 2 is 2.07 bits per heavy atom. The Kier molecular flexibility index (Phi) is 9.55. The van der Waals surface area contributed by atoms with Gasteiger partial charge in [0.25, 0.3) is 5.09 Å². The van der Waals surface area contributed by atoms with Crippen molar-refractivity contribution in [3.8, 4) is 11.5 Å². The van der Waals surface area contributed by atoms with Crippen molar-refractivity contribution in [1.82, 2.24) is 10.2 Å². The van der Waals surface area contributed by atoms with E-state index < -0.39 is 11.0 Å². The first-order valence-electron chi connectivity index (χ1n) is 9.40. The van der Waals surface area contributed by atoms with Gasteiger partial charge in [0, 0.05) is 32.3 Å². The zero-order valence-corrected chi connectivity index (χ0v) is 16.7. The summed E-state index contributed by atoms with van der Waals surface area (Å²) in [4.78, 5) is 40.1. The van der Waals surface area contributed by atoms with Gasteiger partial charge in [-0.05, 0) is 23.8 Å². The Balaban J connectivity index is 1.83. The summed E-state index contributed by atoms with van der Waals surface area (Å²) in [5.41, 5.74) is 0.650. The van der Waals surface area contributed by atoms with Gasteiger partial charge in [-0.3, -0.25) is 14.5 Å². The van der Waals surface area contributed by atoms with Crippen molar-refractivity contribution in [1.29, 1.82) is 0 Å². The monoisotopic (exact) mass is 423 g/mol. The predicted octanol–water partition coefficient (Wildman–Crippen LogP) is 0.661. The lowest BCUT2D eigenvalue weighted by Crippen LogP contribution is -2.37. The molecule has 2 rings (SSSR count). The summed E-state index contributed by atoms with van der Waals surface area (Å²) in [7, 11) is 1.45. The van der Waals surface area contributed by atoms with Crippen LogP contribution >= 0.6 is 0 Å². The molecule has 0 aromatic heterocycles. The first-order valence-corrected chi connectivity index (χ1v) is 9.40. The van der Waals surface area contributed by atoms with Gasteiger partial charge in [0.05, 0.1) is 26.7 Å². The average Bonchev–Trinajstić information content (AvgIpc) is 2.75. The molecule has 1 aromatic carbocycles. The highest BCUT2D eigenvalue weighted by Gasteiger charge is 2.15. The molecule has 1 N–H and O–H groups in total. The number of methoxy groups -OCH3 is 1. The predicted molar refractivity (Wildman–Crippen MR) is 105 cm³/mol. The standard InChI is InChI=1S/C19H25N3O8/c1-27-17-14-15(3-5-18(23)20-7-11-29-22(25)26)2-4-16(17)30-19(24)6-8-21-9-12-28-13-10-21/h2-5,14H,6-13H2,1H3,(H,20,23)/b5-3+. The van der Waals surface area contributed by atoms with Crippen LogP contribution in [0.3, 0.4) is 0 Å². The molecule has 1 aliphatic heterocycles. The first-order chi connectivity index (χ1) is 14.5. The number of nitrogens with one attached hydrogen (secondary N) is 1. The van der Waals surface area contributed by atoms with Gasteiger partial charge >= 0.3 is 5.97 Å². The second-order valence-corrected chi connectivity index (χ2v) is 6.27. The minimum atomic E-state index is -0.925. The number of amides is 1. The largest absolute Gasteiger partial charge is 0.493 e. The maximum atomic E-state index is 12.1. The number of morpholine rings is 1. The third kappa shape index (κ3) is 8.45. The number of esters is 1. The van der Waals surface area contributed by atoms with Gasteiger partial charge in [0.15, 0.2) is 11.5 Å². The summed E-state index contributed by atoms with van der Waals surface area (Å²) in [5.74, 6) is -0.140. The molecule has 1 heterocycles. The Hall–Kier alpha value is -3.18. The molecule has 0 saturated carbocycles. The van der Waals surface area contributed by atoms with E-state index in [1.54, 1.807) is 18.2 Å². The van der Waals surface area contributed by atoms with Gasteiger partial charge in [-0.2, -0.15) is 0 Å². The van der Waals surface area contributed by atoms with E-state index in [9.17, 15) is 19.7 Å². The van der Waals surface area contributed by atoms with Crippen molar-refractivity contribution in [2.75, 3.05) is 53.1 Å². The lowest BCUT2D eigenvalue weighted by molar-refractivity contribution is -0.757. The maximum absolute atomic E-state index is 12.1. The molecule has 0 aliphatic carbocycles. The van der Waals surface area contributed by atoms with Gasteiger partial charge in [-0.15, -0.1) is 10.1 Å². The Morgan fingerprint density at radius 1 is 1.30 bits per heavy atom. The number of hydrogen-bond acceptors (Lipinski definition) is 9. The van der Waals surface area contributed by atoms with Gasteiger partial charge in [-0.1, -0.05) is 6.07 Å². The molecule has 0 spiro atoms. The fourth-order valence-electron chi connectivity index (χ4n) is 2.65. The molecule has 1 aromatic rings.